The molecule has 0 bridgehead atoms. The summed E-state index contributed by atoms with van der Waals surface area (Å²) in [6, 6.07) is 12.2. The maximum Gasteiger partial charge on any atom is 0.262 e. The number of sulfonamides is 1. The Morgan fingerprint density at radius 1 is 1.04 bits per heavy atom. The first kappa shape index (κ1) is 17.6. The van der Waals surface area contributed by atoms with E-state index >= 15 is 0 Å². The Labute approximate surface area is 149 Å². The molecule has 5 nitrogen and oxygen atoms in total. The van der Waals surface area contributed by atoms with Crippen molar-refractivity contribution >= 4 is 15.7 Å². The van der Waals surface area contributed by atoms with Crippen molar-refractivity contribution in [1.82, 2.24) is 0 Å². The zero-order valence-electron chi connectivity index (χ0n) is 14.5. The quantitative estimate of drug-likeness (QED) is 0.868. The molecule has 134 valence electrons. The maximum atomic E-state index is 12.6. The van der Waals surface area contributed by atoms with E-state index in [4.69, 9.17) is 9.47 Å². The van der Waals surface area contributed by atoms with Gasteiger partial charge < -0.3 is 9.47 Å². The molecule has 0 saturated heterocycles. The molecule has 25 heavy (non-hydrogen) atoms. The summed E-state index contributed by atoms with van der Waals surface area (Å²) in [6.07, 6.45) is 1.82. The van der Waals surface area contributed by atoms with Gasteiger partial charge in [0.1, 0.15) is 0 Å². The van der Waals surface area contributed by atoms with Gasteiger partial charge in [-0.3, -0.25) is 4.72 Å². The van der Waals surface area contributed by atoms with Gasteiger partial charge in [0.2, 0.25) is 0 Å². The van der Waals surface area contributed by atoms with Crippen molar-refractivity contribution in [2.45, 2.75) is 37.5 Å². The minimum absolute atomic E-state index is 0.155. The molecule has 0 spiro atoms. The molecule has 1 heterocycles. The summed E-state index contributed by atoms with van der Waals surface area (Å²) in [5.74, 6) is 1.49. The Balaban J connectivity index is 1.81. The van der Waals surface area contributed by atoms with Crippen molar-refractivity contribution in [3.63, 3.8) is 0 Å². The number of hydrogen-bond acceptors (Lipinski definition) is 4. The highest BCUT2D eigenvalue weighted by atomic mass is 32.2. The lowest BCUT2D eigenvalue weighted by Crippen LogP contribution is -2.13. The highest BCUT2D eigenvalue weighted by Crippen LogP contribution is 2.32. The van der Waals surface area contributed by atoms with Crippen LogP contribution in [0.5, 0.6) is 11.5 Å². The molecule has 1 atom stereocenters. The average Bonchev–Trinajstić information content (AvgIpc) is 2.86. The van der Waals surface area contributed by atoms with E-state index in [1.54, 1.807) is 18.2 Å². The van der Waals surface area contributed by atoms with Gasteiger partial charge >= 0.3 is 0 Å². The van der Waals surface area contributed by atoms with Gasteiger partial charge in [-0.1, -0.05) is 26.0 Å². The van der Waals surface area contributed by atoms with Crippen LogP contribution in [-0.4, -0.2) is 21.6 Å². The lowest BCUT2D eigenvalue weighted by atomic mass is 9.99. The fraction of sp³-hybridized carbons (Fsp3) is 0.368. The molecule has 0 fully saturated rings. The number of nitrogens with one attached hydrogen (secondary N) is 1. The Kier molecular flexibility index (Phi) is 5.18. The van der Waals surface area contributed by atoms with E-state index < -0.39 is 10.0 Å². The van der Waals surface area contributed by atoms with Crippen LogP contribution in [0.1, 0.15) is 38.2 Å². The summed E-state index contributed by atoms with van der Waals surface area (Å²) in [5, 5.41) is 0. The maximum absolute atomic E-state index is 12.6. The summed E-state index contributed by atoms with van der Waals surface area (Å²) < 4.78 is 39.0. The zero-order chi connectivity index (χ0) is 17.9. The van der Waals surface area contributed by atoms with E-state index in [0.29, 0.717) is 36.3 Å². The van der Waals surface area contributed by atoms with Crippen LogP contribution in [0.2, 0.25) is 0 Å². The van der Waals surface area contributed by atoms with Gasteiger partial charge in [-0.2, -0.15) is 0 Å². The van der Waals surface area contributed by atoms with E-state index in [2.05, 4.69) is 18.6 Å². The molecule has 1 aliphatic heterocycles. The monoisotopic (exact) mass is 361 g/mol. The molecule has 6 heteroatoms. The molecule has 0 radical (unpaired) electrons. The number of anilines is 1. The summed E-state index contributed by atoms with van der Waals surface area (Å²) in [5.41, 5.74) is 1.74. The highest BCUT2D eigenvalue weighted by molar-refractivity contribution is 7.92. The van der Waals surface area contributed by atoms with Gasteiger partial charge in [-0.05, 0) is 42.2 Å². The first-order chi connectivity index (χ1) is 12.0. The van der Waals surface area contributed by atoms with Crippen LogP contribution in [0.3, 0.4) is 0 Å². The smallest absolute Gasteiger partial charge is 0.262 e. The lowest BCUT2D eigenvalue weighted by molar-refractivity contribution is 0.297. The fourth-order valence-corrected chi connectivity index (χ4v) is 3.71. The van der Waals surface area contributed by atoms with E-state index in [9.17, 15) is 8.42 Å². The van der Waals surface area contributed by atoms with E-state index in [1.807, 2.05) is 12.1 Å². The second-order valence-corrected chi connectivity index (χ2v) is 7.88. The molecule has 0 aliphatic carbocycles. The molecule has 1 N–H and O–H groups in total. The predicted molar refractivity (Wildman–Crippen MR) is 98.0 cm³/mol. The van der Waals surface area contributed by atoms with Crippen LogP contribution < -0.4 is 14.2 Å². The Morgan fingerprint density at radius 3 is 2.40 bits per heavy atom. The number of ether oxygens (including phenoxy) is 2. The van der Waals surface area contributed by atoms with E-state index in [-0.39, 0.29) is 4.90 Å². The fourth-order valence-electron chi connectivity index (χ4n) is 2.64. The molecule has 2 aromatic rings. The Bertz CT molecular complexity index is 831. The zero-order valence-corrected chi connectivity index (χ0v) is 15.3. The van der Waals surface area contributed by atoms with Crippen molar-refractivity contribution in [1.29, 1.82) is 0 Å². The summed E-state index contributed by atoms with van der Waals surface area (Å²) in [6.45, 7) is 5.36. The van der Waals surface area contributed by atoms with Crippen LogP contribution in [0.4, 0.5) is 5.69 Å². The van der Waals surface area contributed by atoms with Crippen LogP contribution in [0.15, 0.2) is 47.4 Å². The van der Waals surface area contributed by atoms with E-state index in [1.165, 1.54) is 17.7 Å². The Hall–Kier alpha value is -2.21. The molecule has 3 rings (SSSR count). The number of hydrogen-bond donors (Lipinski definition) is 1. The third-order valence-corrected chi connectivity index (χ3v) is 5.75. The SMILES string of the molecule is CC[C@H](C)c1ccc(NS(=O)(=O)c2ccc3c(c2)OCCCO3)cc1. The summed E-state index contributed by atoms with van der Waals surface area (Å²) in [7, 11) is -3.68. The normalized spacial score (nSPS) is 15.3. The van der Waals surface area contributed by atoms with Gasteiger partial charge in [0.15, 0.2) is 11.5 Å². The molecule has 0 amide bonds. The first-order valence-electron chi connectivity index (χ1n) is 8.52. The van der Waals surface area contributed by atoms with Gasteiger partial charge in [-0.25, -0.2) is 8.42 Å². The second kappa shape index (κ2) is 7.35. The van der Waals surface area contributed by atoms with Crippen LogP contribution in [-0.2, 0) is 10.0 Å². The average molecular weight is 361 g/mol. The van der Waals surface area contributed by atoms with Crippen LogP contribution in [0.25, 0.3) is 0 Å². The number of fused-ring (bicyclic) bond motifs is 1. The minimum atomic E-state index is -3.68. The predicted octanol–water partition coefficient (Wildman–Crippen LogP) is 4.16. The molecule has 0 saturated carbocycles. The highest BCUT2D eigenvalue weighted by Gasteiger charge is 2.19. The van der Waals surface area contributed by atoms with Crippen molar-refractivity contribution in [3.05, 3.63) is 48.0 Å². The summed E-state index contributed by atoms with van der Waals surface area (Å²) in [4.78, 5) is 0.155. The van der Waals surface area contributed by atoms with Crippen molar-refractivity contribution in [2.75, 3.05) is 17.9 Å². The molecule has 2 aromatic carbocycles. The first-order valence-corrected chi connectivity index (χ1v) is 10.0. The molecule has 0 aromatic heterocycles. The van der Waals surface area contributed by atoms with Gasteiger partial charge in [0, 0.05) is 18.2 Å². The van der Waals surface area contributed by atoms with Gasteiger partial charge in [0.05, 0.1) is 18.1 Å². The Morgan fingerprint density at radius 2 is 1.72 bits per heavy atom. The van der Waals surface area contributed by atoms with Crippen LogP contribution >= 0.6 is 0 Å². The minimum Gasteiger partial charge on any atom is -0.490 e. The topological polar surface area (TPSA) is 64.6 Å². The van der Waals surface area contributed by atoms with Gasteiger partial charge in [0.25, 0.3) is 10.0 Å². The van der Waals surface area contributed by atoms with E-state index in [0.717, 1.165) is 12.8 Å². The third-order valence-electron chi connectivity index (χ3n) is 4.37. The molecule has 0 unspecified atom stereocenters. The molecular weight excluding hydrogens is 338 g/mol. The largest absolute Gasteiger partial charge is 0.490 e. The molecule has 1 aliphatic rings. The number of rotatable bonds is 5. The third kappa shape index (κ3) is 4.07. The van der Waals surface area contributed by atoms with Crippen molar-refractivity contribution in [2.24, 2.45) is 0 Å². The number of benzene rings is 2. The molecular formula is C19H23NO4S. The van der Waals surface area contributed by atoms with Gasteiger partial charge in [-0.15, -0.1) is 0 Å². The standard InChI is InChI=1S/C19H23NO4S/c1-3-14(2)15-5-7-16(8-6-15)20-25(21,22)17-9-10-18-19(13-17)24-12-4-11-23-18/h5-10,13-14,20H,3-4,11-12H2,1-2H3/t14-/m0/s1. The lowest BCUT2D eigenvalue weighted by Gasteiger charge is -2.13. The second-order valence-electron chi connectivity index (χ2n) is 6.20. The van der Waals surface area contributed by atoms with Crippen molar-refractivity contribution < 1.29 is 17.9 Å². The van der Waals surface area contributed by atoms with Crippen LogP contribution in [0, 0.1) is 0 Å². The van der Waals surface area contributed by atoms with Crippen molar-refractivity contribution in [3.8, 4) is 11.5 Å². The summed E-state index contributed by atoms with van der Waals surface area (Å²) >= 11 is 0.